The van der Waals surface area contributed by atoms with Crippen LogP contribution >= 0.6 is 0 Å². The van der Waals surface area contributed by atoms with Gasteiger partial charge in [-0.25, -0.2) is 0 Å². The van der Waals surface area contributed by atoms with E-state index in [0.717, 1.165) is 78.8 Å². The quantitative estimate of drug-likeness (QED) is 0.242. The average molecular weight is 579 g/mol. The van der Waals surface area contributed by atoms with Crippen LogP contribution in [-0.2, 0) is 22.6 Å². The van der Waals surface area contributed by atoms with Crippen molar-refractivity contribution < 1.29 is 9.47 Å². The highest BCUT2D eigenvalue weighted by atomic mass is 16.5. The van der Waals surface area contributed by atoms with Crippen LogP contribution in [-0.4, -0.2) is 75.5 Å². The molecule has 2 aromatic rings. The van der Waals surface area contributed by atoms with Crippen LogP contribution in [0.3, 0.4) is 0 Å². The van der Waals surface area contributed by atoms with E-state index in [1.165, 1.54) is 44.8 Å². The Hall–Kier alpha value is -2.12. The van der Waals surface area contributed by atoms with Crippen molar-refractivity contribution in [3.05, 3.63) is 57.6 Å². The molecule has 0 aliphatic carbocycles. The van der Waals surface area contributed by atoms with Crippen LogP contribution in [0.5, 0.6) is 0 Å². The van der Waals surface area contributed by atoms with Crippen molar-refractivity contribution in [3.63, 3.8) is 0 Å². The summed E-state index contributed by atoms with van der Waals surface area (Å²) in [5.74, 6) is 1.84. The molecule has 2 aromatic carbocycles. The maximum atomic E-state index is 5.58. The van der Waals surface area contributed by atoms with Crippen molar-refractivity contribution in [3.8, 4) is 0 Å². The molecule has 0 bridgehead atoms. The first-order valence-electron chi connectivity index (χ1n) is 16.5. The zero-order valence-electron chi connectivity index (χ0n) is 27.8. The summed E-state index contributed by atoms with van der Waals surface area (Å²) in [6.07, 6.45) is 0. The van der Waals surface area contributed by atoms with Crippen molar-refractivity contribution in [2.75, 3.05) is 76.3 Å². The van der Waals surface area contributed by atoms with E-state index in [0.29, 0.717) is 23.7 Å². The summed E-state index contributed by atoms with van der Waals surface area (Å²) in [4.78, 5) is 5.05. The zero-order chi connectivity index (χ0) is 30.2. The van der Waals surface area contributed by atoms with E-state index in [1.54, 1.807) is 0 Å². The second-order valence-corrected chi connectivity index (χ2v) is 13.5. The average Bonchev–Trinajstić information content (AvgIpc) is 2.96. The van der Waals surface area contributed by atoms with Crippen molar-refractivity contribution in [1.29, 1.82) is 0 Å². The predicted molar refractivity (Wildman–Crippen MR) is 178 cm³/mol. The van der Waals surface area contributed by atoms with Crippen molar-refractivity contribution in [2.24, 2.45) is 0 Å². The van der Waals surface area contributed by atoms with Gasteiger partial charge in [-0.15, -0.1) is 0 Å². The fourth-order valence-corrected chi connectivity index (χ4v) is 6.33. The van der Waals surface area contributed by atoms with E-state index in [9.17, 15) is 0 Å². The van der Waals surface area contributed by atoms with Gasteiger partial charge in [-0.3, -0.25) is 9.80 Å². The number of hydrogen-bond acceptors (Lipinski definition) is 6. The summed E-state index contributed by atoms with van der Waals surface area (Å²) < 4.78 is 11.2. The second kappa shape index (κ2) is 15.6. The summed E-state index contributed by atoms with van der Waals surface area (Å²) >= 11 is 0. The Kier molecular flexibility index (Phi) is 12.1. The van der Waals surface area contributed by atoms with Gasteiger partial charge in [0, 0.05) is 63.7 Å². The molecule has 4 rings (SSSR count). The molecule has 2 aliphatic heterocycles. The number of ether oxygens (including phenoxy) is 2. The van der Waals surface area contributed by atoms with Crippen LogP contribution in [0, 0.1) is 0 Å². The Bertz CT molecular complexity index is 984. The highest BCUT2D eigenvalue weighted by Gasteiger charge is 2.20. The molecule has 6 heteroatoms. The third-order valence-electron chi connectivity index (χ3n) is 8.75. The second-order valence-electron chi connectivity index (χ2n) is 13.5. The summed E-state index contributed by atoms with van der Waals surface area (Å²) in [6, 6.07) is 9.79. The van der Waals surface area contributed by atoms with Gasteiger partial charge >= 0.3 is 0 Å². The molecule has 2 N–H and O–H groups in total. The number of morpholine rings is 2. The molecule has 2 aliphatic rings. The molecule has 0 atom stereocenters. The lowest BCUT2D eigenvalue weighted by Gasteiger charge is -2.29. The minimum absolute atomic E-state index is 0.460. The standard InChI is InChI=1S/C36H58N4O2/c1-25(2)31-19-29(23-39-11-15-41-16-12-39)20-32(26(3)4)35(31)37-9-10-38-36-33(27(5)6)21-30(22-34(36)28(7)8)24-40-13-17-42-18-14-40/h19-22,25-28,37-38H,9-18,23-24H2,1-8H3. The number of anilines is 2. The number of benzene rings is 2. The molecule has 0 saturated carbocycles. The Morgan fingerprint density at radius 2 is 0.810 bits per heavy atom. The third-order valence-corrected chi connectivity index (χ3v) is 8.75. The molecular weight excluding hydrogens is 520 g/mol. The minimum atomic E-state index is 0.460. The fraction of sp³-hybridized carbons (Fsp3) is 0.667. The first-order valence-corrected chi connectivity index (χ1v) is 16.5. The first kappa shape index (κ1) is 32.8. The Balaban J connectivity index is 1.50. The summed E-state index contributed by atoms with van der Waals surface area (Å²) in [5, 5.41) is 7.79. The molecule has 6 nitrogen and oxygen atoms in total. The van der Waals surface area contributed by atoms with Crippen LogP contribution in [0.25, 0.3) is 0 Å². The highest BCUT2D eigenvalue weighted by molar-refractivity contribution is 5.63. The molecule has 234 valence electrons. The van der Waals surface area contributed by atoms with Crippen molar-refractivity contribution in [1.82, 2.24) is 9.80 Å². The Morgan fingerprint density at radius 1 is 0.524 bits per heavy atom. The van der Waals surface area contributed by atoms with Crippen molar-refractivity contribution >= 4 is 11.4 Å². The highest BCUT2D eigenvalue weighted by Crippen LogP contribution is 2.36. The van der Waals surface area contributed by atoms with Gasteiger partial charge < -0.3 is 20.1 Å². The zero-order valence-corrected chi connectivity index (χ0v) is 27.8. The van der Waals surface area contributed by atoms with Crippen LogP contribution in [0.15, 0.2) is 24.3 Å². The molecule has 42 heavy (non-hydrogen) atoms. The van der Waals surface area contributed by atoms with E-state index in [4.69, 9.17) is 9.47 Å². The minimum Gasteiger partial charge on any atom is -0.383 e. The van der Waals surface area contributed by atoms with Crippen LogP contribution in [0.2, 0.25) is 0 Å². The van der Waals surface area contributed by atoms with Gasteiger partial charge in [-0.05, 0) is 57.1 Å². The van der Waals surface area contributed by atoms with Gasteiger partial charge in [-0.1, -0.05) is 79.7 Å². The summed E-state index contributed by atoms with van der Waals surface area (Å²) in [6.45, 7) is 29.8. The molecule has 2 heterocycles. The van der Waals surface area contributed by atoms with E-state index in [2.05, 4.69) is 100 Å². The summed E-state index contributed by atoms with van der Waals surface area (Å²) in [7, 11) is 0. The molecule has 0 aromatic heterocycles. The number of nitrogens with zero attached hydrogens (tertiary/aromatic N) is 2. The molecular formula is C36H58N4O2. The van der Waals surface area contributed by atoms with E-state index in [-0.39, 0.29) is 0 Å². The van der Waals surface area contributed by atoms with Crippen molar-refractivity contribution in [2.45, 2.75) is 92.2 Å². The smallest absolute Gasteiger partial charge is 0.0594 e. The van der Waals surface area contributed by atoms with Gasteiger partial charge in [0.25, 0.3) is 0 Å². The lowest BCUT2D eigenvalue weighted by atomic mass is 9.89. The molecule has 0 radical (unpaired) electrons. The maximum absolute atomic E-state index is 5.58. The molecule has 0 amide bonds. The summed E-state index contributed by atoms with van der Waals surface area (Å²) in [5.41, 5.74) is 11.3. The number of rotatable bonds is 13. The predicted octanol–water partition coefficient (Wildman–Crippen LogP) is 7.37. The maximum Gasteiger partial charge on any atom is 0.0594 e. The van der Waals surface area contributed by atoms with Gasteiger partial charge in [-0.2, -0.15) is 0 Å². The van der Waals surface area contributed by atoms with E-state index >= 15 is 0 Å². The Morgan fingerprint density at radius 3 is 1.07 bits per heavy atom. The van der Waals surface area contributed by atoms with Gasteiger partial charge in [0.2, 0.25) is 0 Å². The van der Waals surface area contributed by atoms with Gasteiger partial charge in [0.15, 0.2) is 0 Å². The van der Waals surface area contributed by atoms with E-state index < -0.39 is 0 Å². The largest absolute Gasteiger partial charge is 0.383 e. The number of nitrogens with one attached hydrogen (secondary N) is 2. The monoisotopic (exact) mass is 578 g/mol. The fourth-order valence-electron chi connectivity index (χ4n) is 6.33. The first-order chi connectivity index (χ1) is 20.1. The van der Waals surface area contributed by atoms with Crippen LogP contribution in [0.1, 0.15) is 112 Å². The lowest BCUT2D eigenvalue weighted by molar-refractivity contribution is 0.0341. The van der Waals surface area contributed by atoms with Gasteiger partial charge in [0.05, 0.1) is 26.4 Å². The molecule has 2 fully saturated rings. The molecule has 0 unspecified atom stereocenters. The number of hydrogen-bond donors (Lipinski definition) is 2. The van der Waals surface area contributed by atoms with Crippen LogP contribution < -0.4 is 10.6 Å². The topological polar surface area (TPSA) is 49.0 Å². The molecule has 0 spiro atoms. The SMILES string of the molecule is CC(C)c1cc(CN2CCOCC2)cc(C(C)C)c1NCCNc1c(C(C)C)cc(CN2CCOCC2)cc1C(C)C. The van der Waals surface area contributed by atoms with E-state index in [1.807, 2.05) is 0 Å². The van der Waals surface area contributed by atoms with Gasteiger partial charge in [0.1, 0.15) is 0 Å². The van der Waals surface area contributed by atoms with Crippen LogP contribution in [0.4, 0.5) is 11.4 Å². The lowest BCUT2D eigenvalue weighted by Crippen LogP contribution is -2.35. The Labute approximate surface area is 256 Å². The molecule has 2 saturated heterocycles. The third kappa shape index (κ3) is 8.72. The normalized spacial score (nSPS) is 17.1.